The Morgan fingerprint density at radius 2 is 1.71 bits per heavy atom. The van der Waals surface area contributed by atoms with Crippen molar-refractivity contribution in [2.75, 3.05) is 49.1 Å². The number of piperidine rings is 1. The Bertz CT molecular complexity index is 984. The van der Waals surface area contributed by atoms with Gasteiger partial charge in [0.05, 0.1) is 5.92 Å². The van der Waals surface area contributed by atoms with Crippen LogP contribution in [0.15, 0.2) is 55.2 Å². The third kappa shape index (κ3) is 4.21. The Kier molecular flexibility index (Phi) is 5.47. The predicted molar refractivity (Wildman–Crippen MR) is 117 cm³/mol. The van der Waals surface area contributed by atoms with Crippen LogP contribution in [0.1, 0.15) is 12.8 Å². The normalized spacial score (nSPS) is 19.5. The van der Waals surface area contributed by atoms with Gasteiger partial charge < -0.3 is 14.7 Å². The molecule has 2 fully saturated rings. The maximum atomic E-state index is 13.2. The van der Waals surface area contributed by atoms with E-state index < -0.39 is 0 Å². The summed E-state index contributed by atoms with van der Waals surface area (Å²) in [6.07, 6.45) is 8.98. The van der Waals surface area contributed by atoms with Crippen LogP contribution in [0.25, 0.3) is 5.82 Å². The third-order valence-electron chi connectivity index (χ3n) is 6.06. The standard InChI is InChI=1S/C22H26N8O/c31-22(28-14-12-27(13-15-28)19-5-1-2-8-24-19)18-4-3-10-29(16-18)20-6-7-21(26-25-20)30-11-9-23-17-30/h1-2,5-9,11,17-18H,3-4,10,12-16H2/t18-/m0/s1. The van der Waals surface area contributed by atoms with Gasteiger partial charge in [-0.05, 0) is 37.1 Å². The first-order valence-corrected chi connectivity index (χ1v) is 10.8. The average Bonchev–Trinajstić information content (AvgIpc) is 3.40. The highest BCUT2D eigenvalue weighted by molar-refractivity contribution is 5.80. The molecule has 0 bridgehead atoms. The highest BCUT2D eigenvalue weighted by Gasteiger charge is 2.31. The van der Waals surface area contributed by atoms with Crippen molar-refractivity contribution < 1.29 is 4.79 Å². The molecule has 2 aliphatic rings. The van der Waals surface area contributed by atoms with Crippen molar-refractivity contribution >= 4 is 17.5 Å². The van der Waals surface area contributed by atoms with Gasteiger partial charge in [-0.3, -0.25) is 9.36 Å². The Hall–Kier alpha value is -3.49. The molecule has 0 saturated carbocycles. The quantitative estimate of drug-likeness (QED) is 0.637. The first-order chi connectivity index (χ1) is 15.3. The topological polar surface area (TPSA) is 83.3 Å². The van der Waals surface area contributed by atoms with Crippen molar-refractivity contribution in [2.24, 2.45) is 5.92 Å². The molecule has 0 radical (unpaired) electrons. The summed E-state index contributed by atoms with van der Waals surface area (Å²) in [6, 6.07) is 9.86. The molecule has 0 spiro atoms. The van der Waals surface area contributed by atoms with Gasteiger partial charge >= 0.3 is 0 Å². The van der Waals surface area contributed by atoms with Gasteiger partial charge in [-0.1, -0.05) is 6.07 Å². The zero-order valence-electron chi connectivity index (χ0n) is 17.4. The molecule has 5 heterocycles. The number of anilines is 2. The summed E-state index contributed by atoms with van der Waals surface area (Å²) >= 11 is 0. The summed E-state index contributed by atoms with van der Waals surface area (Å²) < 4.78 is 1.82. The number of carbonyl (C=O) groups excluding carboxylic acids is 1. The second-order valence-electron chi connectivity index (χ2n) is 8.01. The summed E-state index contributed by atoms with van der Waals surface area (Å²) in [5.41, 5.74) is 0. The average molecular weight is 419 g/mol. The van der Waals surface area contributed by atoms with Crippen LogP contribution in [-0.2, 0) is 4.79 Å². The van der Waals surface area contributed by atoms with Gasteiger partial charge in [0.2, 0.25) is 5.91 Å². The number of pyridine rings is 1. The number of amides is 1. The van der Waals surface area contributed by atoms with E-state index in [4.69, 9.17) is 0 Å². The Labute approximate surface area is 181 Å². The molecular weight excluding hydrogens is 392 g/mol. The smallest absolute Gasteiger partial charge is 0.227 e. The number of aromatic nitrogens is 5. The minimum atomic E-state index is 0.00488. The highest BCUT2D eigenvalue weighted by atomic mass is 16.2. The van der Waals surface area contributed by atoms with Gasteiger partial charge in [0.25, 0.3) is 0 Å². The van der Waals surface area contributed by atoms with Crippen LogP contribution < -0.4 is 9.80 Å². The van der Waals surface area contributed by atoms with Crippen molar-refractivity contribution in [2.45, 2.75) is 12.8 Å². The zero-order chi connectivity index (χ0) is 21.0. The van der Waals surface area contributed by atoms with Crippen LogP contribution in [-0.4, -0.2) is 74.8 Å². The van der Waals surface area contributed by atoms with Gasteiger partial charge in [-0.15, -0.1) is 10.2 Å². The van der Waals surface area contributed by atoms with E-state index in [1.165, 1.54) is 0 Å². The van der Waals surface area contributed by atoms with E-state index in [2.05, 4.69) is 30.0 Å². The molecule has 31 heavy (non-hydrogen) atoms. The van der Waals surface area contributed by atoms with Crippen molar-refractivity contribution in [1.29, 1.82) is 0 Å². The van der Waals surface area contributed by atoms with Crippen LogP contribution in [0.5, 0.6) is 0 Å². The van der Waals surface area contributed by atoms with Crippen molar-refractivity contribution in [3.63, 3.8) is 0 Å². The third-order valence-corrected chi connectivity index (χ3v) is 6.06. The number of hydrogen-bond donors (Lipinski definition) is 0. The summed E-state index contributed by atoms with van der Waals surface area (Å²) in [7, 11) is 0. The number of nitrogens with zero attached hydrogens (tertiary/aromatic N) is 8. The van der Waals surface area contributed by atoms with Gasteiger partial charge in [0.15, 0.2) is 11.6 Å². The lowest BCUT2D eigenvalue weighted by molar-refractivity contribution is -0.136. The molecule has 160 valence electrons. The van der Waals surface area contributed by atoms with Crippen LogP contribution in [0.4, 0.5) is 11.6 Å². The molecule has 1 amide bonds. The van der Waals surface area contributed by atoms with E-state index >= 15 is 0 Å². The molecule has 3 aromatic heterocycles. The second kappa shape index (κ2) is 8.71. The SMILES string of the molecule is O=C([C@H]1CCCN(c2ccc(-n3ccnc3)nn2)C1)N1CCN(c2ccccn2)CC1. The minimum Gasteiger partial charge on any atom is -0.354 e. The van der Waals surface area contributed by atoms with Crippen LogP contribution in [0.3, 0.4) is 0 Å². The van der Waals surface area contributed by atoms with Crippen molar-refractivity contribution in [3.8, 4) is 5.82 Å². The molecule has 9 nitrogen and oxygen atoms in total. The molecule has 0 unspecified atom stereocenters. The lowest BCUT2D eigenvalue weighted by atomic mass is 9.96. The molecule has 0 aromatic carbocycles. The number of rotatable bonds is 4. The van der Waals surface area contributed by atoms with Gasteiger partial charge in [-0.2, -0.15) is 0 Å². The summed E-state index contributed by atoms with van der Waals surface area (Å²) in [6.45, 7) is 4.71. The highest BCUT2D eigenvalue weighted by Crippen LogP contribution is 2.24. The van der Waals surface area contributed by atoms with Gasteiger partial charge in [-0.25, -0.2) is 9.97 Å². The predicted octanol–water partition coefficient (Wildman–Crippen LogP) is 1.62. The maximum Gasteiger partial charge on any atom is 0.227 e. The largest absolute Gasteiger partial charge is 0.354 e. The van der Waals surface area contributed by atoms with E-state index in [0.717, 1.165) is 63.0 Å². The van der Waals surface area contributed by atoms with Crippen LogP contribution >= 0.6 is 0 Å². The molecule has 2 aliphatic heterocycles. The Morgan fingerprint density at radius 1 is 0.871 bits per heavy atom. The number of hydrogen-bond acceptors (Lipinski definition) is 7. The molecule has 1 atom stereocenters. The van der Waals surface area contributed by atoms with E-state index in [9.17, 15) is 4.79 Å². The Balaban J connectivity index is 1.19. The van der Waals surface area contributed by atoms with Gasteiger partial charge in [0, 0.05) is 57.9 Å². The van der Waals surface area contributed by atoms with Crippen LogP contribution in [0, 0.1) is 5.92 Å². The minimum absolute atomic E-state index is 0.00488. The fraction of sp³-hybridized carbons (Fsp3) is 0.409. The van der Waals surface area contributed by atoms with Crippen molar-refractivity contribution in [3.05, 3.63) is 55.2 Å². The van der Waals surface area contributed by atoms with E-state index in [1.54, 1.807) is 12.5 Å². The van der Waals surface area contributed by atoms with Crippen LogP contribution in [0.2, 0.25) is 0 Å². The molecule has 9 heteroatoms. The molecule has 3 aromatic rings. The summed E-state index contributed by atoms with van der Waals surface area (Å²) in [5.74, 6) is 2.80. The van der Waals surface area contributed by atoms with E-state index in [-0.39, 0.29) is 11.8 Å². The zero-order valence-corrected chi connectivity index (χ0v) is 17.4. The van der Waals surface area contributed by atoms with Crippen molar-refractivity contribution in [1.82, 2.24) is 29.6 Å². The number of piperazine rings is 1. The Morgan fingerprint density at radius 3 is 2.42 bits per heavy atom. The summed E-state index contributed by atoms with van der Waals surface area (Å²) in [4.78, 5) is 28.1. The molecule has 0 aliphatic carbocycles. The van der Waals surface area contributed by atoms with Gasteiger partial charge in [0.1, 0.15) is 12.1 Å². The maximum absolute atomic E-state index is 13.2. The lowest BCUT2D eigenvalue weighted by Gasteiger charge is -2.39. The second-order valence-corrected chi connectivity index (χ2v) is 8.01. The number of carbonyl (C=O) groups is 1. The monoisotopic (exact) mass is 418 g/mol. The summed E-state index contributed by atoms with van der Waals surface area (Å²) in [5, 5.41) is 8.71. The number of imidazole rings is 1. The fourth-order valence-corrected chi connectivity index (χ4v) is 4.36. The van der Waals surface area contributed by atoms with E-state index in [1.807, 2.05) is 52.2 Å². The first-order valence-electron chi connectivity index (χ1n) is 10.8. The molecule has 0 N–H and O–H groups in total. The fourth-order valence-electron chi connectivity index (χ4n) is 4.36. The first kappa shape index (κ1) is 19.5. The lowest BCUT2D eigenvalue weighted by Crippen LogP contribution is -2.52. The molecule has 5 rings (SSSR count). The molecule has 2 saturated heterocycles. The van der Waals surface area contributed by atoms with E-state index in [0.29, 0.717) is 6.54 Å². The molecular formula is C22H26N8O.